The van der Waals surface area contributed by atoms with Gasteiger partial charge in [0.15, 0.2) is 5.96 Å². The van der Waals surface area contributed by atoms with E-state index in [1.807, 2.05) is 6.08 Å². The maximum absolute atomic E-state index is 6.11. The van der Waals surface area contributed by atoms with Crippen molar-refractivity contribution in [3.8, 4) is 0 Å². The van der Waals surface area contributed by atoms with E-state index in [0.29, 0.717) is 0 Å². The highest BCUT2D eigenvalue weighted by Gasteiger charge is 2.19. The molecule has 0 saturated heterocycles. The van der Waals surface area contributed by atoms with Gasteiger partial charge in [-0.1, -0.05) is 30.3 Å². The maximum Gasteiger partial charge on any atom is 0.191 e. The summed E-state index contributed by atoms with van der Waals surface area (Å²) in [6.45, 7) is 8.87. The Hall–Kier alpha value is -1.08. The zero-order valence-corrected chi connectivity index (χ0v) is 16.9. The van der Waals surface area contributed by atoms with Gasteiger partial charge < -0.3 is 15.4 Å². The van der Waals surface area contributed by atoms with Crippen LogP contribution in [0.25, 0.3) is 0 Å². The second-order valence-corrected chi connectivity index (χ2v) is 5.73. The lowest BCUT2D eigenvalue weighted by atomic mass is 9.89. The summed E-state index contributed by atoms with van der Waals surface area (Å²) in [7, 11) is 0. The molecule has 1 atom stereocenters. The molecule has 1 aromatic rings. The predicted molar refractivity (Wildman–Crippen MR) is 112 cm³/mol. The molecule has 0 heterocycles. The Balaban J connectivity index is 0.00000288. The largest absolute Gasteiger partial charge is 0.373 e. The smallest absolute Gasteiger partial charge is 0.191 e. The number of nitrogens with one attached hydrogen (secondary N) is 2. The highest BCUT2D eigenvalue weighted by Crippen LogP contribution is 2.32. The Bertz CT molecular complexity index is 519. The molecule has 134 valence electrons. The molecule has 2 N–H and O–H groups in total. The number of aryl methyl sites for hydroxylation is 1. The van der Waals surface area contributed by atoms with Crippen LogP contribution in [0.3, 0.4) is 0 Å². The van der Waals surface area contributed by atoms with Gasteiger partial charge in [-0.25, -0.2) is 0 Å². The van der Waals surface area contributed by atoms with E-state index in [4.69, 9.17) is 4.74 Å². The Labute approximate surface area is 163 Å². The molecule has 0 amide bonds. The Kier molecular flexibility index (Phi) is 10.7. The third-order valence-electron chi connectivity index (χ3n) is 3.96. The van der Waals surface area contributed by atoms with Gasteiger partial charge in [-0.2, -0.15) is 0 Å². The van der Waals surface area contributed by atoms with E-state index in [1.54, 1.807) is 0 Å². The highest BCUT2D eigenvalue weighted by atomic mass is 127. The molecule has 1 aliphatic rings. The van der Waals surface area contributed by atoms with Crippen molar-refractivity contribution in [1.29, 1.82) is 0 Å². The highest BCUT2D eigenvalue weighted by molar-refractivity contribution is 14.0. The first-order valence-corrected chi connectivity index (χ1v) is 8.67. The van der Waals surface area contributed by atoms with Gasteiger partial charge in [-0.05, 0) is 43.7 Å². The van der Waals surface area contributed by atoms with Gasteiger partial charge in [-0.3, -0.25) is 4.99 Å². The lowest BCUT2D eigenvalue weighted by Crippen LogP contribution is -2.37. The summed E-state index contributed by atoms with van der Waals surface area (Å²) in [6.07, 6.45) is 6.55. The molecule has 2 rings (SSSR count). The van der Waals surface area contributed by atoms with E-state index in [0.717, 1.165) is 45.0 Å². The maximum atomic E-state index is 6.11. The summed E-state index contributed by atoms with van der Waals surface area (Å²) < 4.78 is 6.11. The van der Waals surface area contributed by atoms with Gasteiger partial charge in [0, 0.05) is 26.2 Å². The number of guanidine groups is 1. The number of fused-ring (bicyclic) bond motifs is 1. The van der Waals surface area contributed by atoms with Crippen LogP contribution in [0.1, 0.15) is 43.4 Å². The van der Waals surface area contributed by atoms with Crippen LogP contribution in [0.2, 0.25) is 0 Å². The van der Waals surface area contributed by atoms with Gasteiger partial charge in [0.25, 0.3) is 0 Å². The van der Waals surface area contributed by atoms with Crippen LogP contribution in [-0.4, -0.2) is 32.2 Å². The van der Waals surface area contributed by atoms with Crippen LogP contribution >= 0.6 is 24.0 Å². The van der Waals surface area contributed by atoms with Crippen molar-refractivity contribution >= 4 is 29.9 Å². The molecule has 0 radical (unpaired) electrons. The number of nitrogens with zero attached hydrogens (tertiary/aromatic N) is 1. The van der Waals surface area contributed by atoms with Gasteiger partial charge in [0.05, 0.1) is 6.10 Å². The zero-order valence-electron chi connectivity index (χ0n) is 14.6. The first-order valence-electron chi connectivity index (χ1n) is 8.67. The number of ether oxygens (including phenoxy) is 1. The van der Waals surface area contributed by atoms with Gasteiger partial charge in [-0.15, -0.1) is 30.6 Å². The van der Waals surface area contributed by atoms with E-state index >= 15 is 0 Å². The summed E-state index contributed by atoms with van der Waals surface area (Å²) >= 11 is 0. The van der Waals surface area contributed by atoms with E-state index in [2.05, 4.69) is 53.4 Å². The minimum Gasteiger partial charge on any atom is -0.373 e. The summed E-state index contributed by atoms with van der Waals surface area (Å²) in [5, 5.41) is 6.42. The summed E-state index contributed by atoms with van der Waals surface area (Å²) in [5.41, 5.74) is 2.83. The third kappa shape index (κ3) is 6.81. The summed E-state index contributed by atoms with van der Waals surface area (Å²) in [4.78, 5) is 4.54. The number of hydrogen-bond acceptors (Lipinski definition) is 2. The first kappa shape index (κ1) is 21.0. The summed E-state index contributed by atoms with van der Waals surface area (Å²) in [5.74, 6) is 0.843. The Morgan fingerprint density at radius 2 is 2.21 bits per heavy atom. The third-order valence-corrected chi connectivity index (χ3v) is 3.96. The Morgan fingerprint density at radius 3 is 3.00 bits per heavy atom. The van der Waals surface area contributed by atoms with Gasteiger partial charge >= 0.3 is 0 Å². The van der Waals surface area contributed by atoms with Crippen LogP contribution < -0.4 is 10.6 Å². The number of benzene rings is 1. The van der Waals surface area contributed by atoms with Crippen molar-refractivity contribution in [2.45, 2.75) is 38.7 Å². The molecule has 4 nitrogen and oxygen atoms in total. The summed E-state index contributed by atoms with van der Waals surface area (Å²) in [6, 6.07) is 8.66. The fraction of sp³-hybridized carbons (Fsp3) is 0.526. The van der Waals surface area contributed by atoms with Gasteiger partial charge in [0.2, 0.25) is 0 Å². The van der Waals surface area contributed by atoms with Gasteiger partial charge in [0.1, 0.15) is 0 Å². The quantitative estimate of drug-likeness (QED) is 0.211. The number of halogens is 1. The fourth-order valence-electron chi connectivity index (χ4n) is 2.87. The molecule has 0 bridgehead atoms. The van der Waals surface area contributed by atoms with Crippen molar-refractivity contribution in [2.75, 3.05) is 26.2 Å². The second kappa shape index (κ2) is 12.3. The average Bonchev–Trinajstić information content (AvgIpc) is 2.59. The van der Waals surface area contributed by atoms with Crippen LogP contribution in [0.15, 0.2) is 41.9 Å². The van der Waals surface area contributed by atoms with E-state index in [9.17, 15) is 0 Å². The van der Waals surface area contributed by atoms with Crippen molar-refractivity contribution in [1.82, 2.24) is 10.6 Å². The van der Waals surface area contributed by atoms with Crippen LogP contribution in [0, 0.1) is 0 Å². The first-order chi connectivity index (χ1) is 11.3. The molecular formula is C19H30IN3O. The predicted octanol–water partition coefficient (Wildman–Crippen LogP) is 3.83. The van der Waals surface area contributed by atoms with E-state index < -0.39 is 0 Å². The molecule has 5 heteroatoms. The SMILES string of the molecule is C=CCNC(=NCCCOC1CCCc2ccccc21)NCC.I. The minimum atomic E-state index is 0. The number of aliphatic imine (C=N–C) groups is 1. The molecule has 0 fully saturated rings. The Morgan fingerprint density at radius 1 is 1.38 bits per heavy atom. The van der Waals surface area contributed by atoms with Crippen LogP contribution in [-0.2, 0) is 11.2 Å². The molecule has 24 heavy (non-hydrogen) atoms. The average molecular weight is 443 g/mol. The van der Waals surface area contributed by atoms with Crippen molar-refractivity contribution in [2.24, 2.45) is 4.99 Å². The standard InChI is InChI=1S/C19H29N3O.HI/c1-3-13-21-19(20-4-2)22-14-8-15-23-18-12-7-10-16-9-5-6-11-17(16)18;/h3,5-6,9,11,18H,1,4,7-8,10,12-15H2,2H3,(H2,20,21,22);1H. The van der Waals surface area contributed by atoms with Crippen LogP contribution in [0.5, 0.6) is 0 Å². The number of rotatable bonds is 8. The normalized spacial score (nSPS) is 16.7. The molecule has 0 spiro atoms. The molecule has 0 aliphatic heterocycles. The lowest BCUT2D eigenvalue weighted by Gasteiger charge is -2.25. The molecule has 1 unspecified atom stereocenters. The van der Waals surface area contributed by atoms with E-state index in [1.165, 1.54) is 24.0 Å². The lowest BCUT2D eigenvalue weighted by molar-refractivity contribution is 0.0403. The molecule has 1 aliphatic carbocycles. The van der Waals surface area contributed by atoms with Crippen LogP contribution in [0.4, 0.5) is 0 Å². The molecule has 1 aromatic carbocycles. The van der Waals surface area contributed by atoms with Crippen molar-refractivity contribution in [3.63, 3.8) is 0 Å². The second-order valence-electron chi connectivity index (χ2n) is 5.73. The van der Waals surface area contributed by atoms with Crippen molar-refractivity contribution < 1.29 is 4.74 Å². The molecule has 0 aromatic heterocycles. The van der Waals surface area contributed by atoms with Crippen molar-refractivity contribution in [3.05, 3.63) is 48.0 Å². The molecular weight excluding hydrogens is 413 g/mol. The molecule has 0 saturated carbocycles. The van der Waals surface area contributed by atoms with E-state index in [-0.39, 0.29) is 30.1 Å². The number of hydrogen-bond donors (Lipinski definition) is 2. The fourth-order valence-corrected chi connectivity index (χ4v) is 2.87. The topological polar surface area (TPSA) is 45.7 Å². The monoisotopic (exact) mass is 443 g/mol. The minimum absolute atomic E-state index is 0. The zero-order chi connectivity index (χ0) is 16.3.